The van der Waals surface area contributed by atoms with E-state index in [1.807, 2.05) is 23.1 Å². The van der Waals surface area contributed by atoms with Crippen molar-refractivity contribution in [2.24, 2.45) is 0 Å². The van der Waals surface area contributed by atoms with Gasteiger partial charge in [0.1, 0.15) is 23.0 Å². The van der Waals surface area contributed by atoms with Crippen molar-refractivity contribution in [1.29, 1.82) is 0 Å². The number of nitrogens with one attached hydrogen (secondary N) is 9. The minimum atomic E-state index is -3.70. The fraction of sp³-hybridized carbons (Fsp3) is 0.247. The van der Waals surface area contributed by atoms with Crippen molar-refractivity contribution >= 4 is 168 Å². The van der Waals surface area contributed by atoms with Crippen molar-refractivity contribution in [3.63, 3.8) is 0 Å². The number of benzene rings is 6. The molecule has 0 spiro atoms. The van der Waals surface area contributed by atoms with Gasteiger partial charge in [0.25, 0.3) is 0 Å². The largest absolute Gasteiger partial charge is 0.478 e. The molecule has 12 aromatic rings. The third-order valence-corrected chi connectivity index (χ3v) is 26.3. The average molecular weight is 1950 g/mol. The van der Waals surface area contributed by atoms with E-state index >= 15 is 0 Å². The number of carbonyl (C=O) groups is 4. The fourth-order valence-corrected chi connectivity index (χ4v) is 18.3. The molecule has 0 amide bonds. The molecule has 702 valence electrons. The number of carboxylic acids is 1. The number of anilines is 6. The predicted molar refractivity (Wildman–Crippen MR) is 489 cm³/mol. The predicted octanol–water partition coefficient (Wildman–Crippen LogP) is 15.9. The van der Waals surface area contributed by atoms with Gasteiger partial charge in [-0.15, -0.1) is 0 Å². The summed E-state index contributed by atoms with van der Waals surface area (Å²) in [6.45, 7) is 30.6. The zero-order chi connectivity index (χ0) is 98.1. The van der Waals surface area contributed by atoms with E-state index in [1.54, 1.807) is 53.8 Å². The lowest BCUT2D eigenvalue weighted by atomic mass is 10.0. The van der Waals surface area contributed by atoms with Crippen LogP contribution in [-0.4, -0.2) is 161 Å². The Morgan fingerprint density at radius 2 is 0.788 bits per heavy atom. The molecule has 1 atom stereocenters. The molecule has 0 saturated heterocycles. The Labute approximate surface area is 756 Å². The Kier molecular flexibility index (Phi) is 39.9. The highest BCUT2D eigenvalue weighted by Crippen LogP contribution is 2.35. The molecule has 6 aromatic heterocycles. The van der Waals surface area contributed by atoms with E-state index in [-0.39, 0.29) is 113 Å². The van der Waals surface area contributed by atoms with Crippen LogP contribution in [0.1, 0.15) is 150 Å². The molecule has 12 N–H and O–H groups in total. The number of esters is 1. The van der Waals surface area contributed by atoms with Crippen LogP contribution in [0, 0.1) is 54.6 Å². The Bertz CT molecular complexity index is 7020. The summed E-state index contributed by atoms with van der Waals surface area (Å²) >= 11 is 0. The first-order valence-corrected chi connectivity index (χ1v) is 49.1. The van der Waals surface area contributed by atoms with Gasteiger partial charge in [0.15, 0.2) is 47.0 Å². The number of hydrogen-bond donors (Lipinski definition) is 12. The van der Waals surface area contributed by atoms with Gasteiger partial charge in [0.2, 0.25) is 77.2 Å². The summed E-state index contributed by atoms with van der Waals surface area (Å²) in [7, 11) is -20.5. The molecular formula is C85H89F6N15O20S6. The van der Waals surface area contributed by atoms with Crippen LogP contribution in [0.4, 0.5) is 77.5 Å². The fourth-order valence-electron chi connectivity index (χ4n) is 11.5. The lowest BCUT2D eigenvalue weighted by molar-refractivity contribution is 0.0594. The summed E-state index contributed by atoms with van der Waals surface area (Å²) in [5.74, 6) is -9.05. The van der Waals surface area contributed by atoms with Crippen molar-refractivity contribution in [3.05, 3.63) is 284 Å². The van der Waals surface area contributed by atoms with Crippen LogP contribution in [0.15, 0.2) is 171 Å². The van der Waals surface area contributed by atoms with E-state index in [2.05, 4.69) is 72.8 Å². The Balaban J connectivity index is 0.000000241. The summed E-state index contributed by atoms with van der Waals surface area (Å²) in [5, 5.41) is 30.1. The van der Waals surface area contributed by atoms with Crippen LogP contribution in [0.25, 0.3) is 47.6 Å². The maximum atomic E-state index is 14.9. The summed E-state index contributed by atoms with van der Waals surface area (Å²) in [5.41, 5.74) is 0.514. The summed E-state index contributed by atoms with van der Waals surface area (Å²) in [4.78, 5) is 75.9. The number of aliphatic hydroxyl groups excluding tert-OH is 2. The maximum Gasteiger partial charge on any atom is 0.340 e. The topological polar surface area (TPSA) is 514 Å². The molecule has 12 rings (SSSR count). The zero-order valence-corrected chi connectivity index (χ0v) is 76.1. The van der Waals surface area contributed by atoms with E-state index in [9.17, 15) is 101 Å². The van der Waals surface area contributed by atoms with E-state index in [0.717, 1.165) is 24.2 Å². The van der Waals surface area contributed by atoms with Crippen molar-refractivity contribution in [1.82, 2.24) is 29.9 Å². The lowest BCUT2D eigenvalue weighted by Crippen LogP contribution is -2.18. The Morgan fingerprint density at radius 1 is 0.432 bits per heavy atom. The third kappa shape index (κ3) is 30.9. The highest BCUT2D eigenvalue weighted by molar-refractivity contribution is 7.94. The second-order valence-electron chi connectivity index (χ2n) is 27.6. The molecule has 0 aliphatic heterocycles. The van der Waals surface area contributed by atoms with Crippen LogP contribution in [0.2, 0.25) is 0 Å². The number of pyridine rings is 3. The van der Waals surface area contributed by atoms with Crippen molar-refractivity contribution < 1.29 is 116 Å². The number of H-pyrrole nitrogens is 3. The number of aromatic nitrogens is 6. The van der Waals surface area contributed by atoms with Crippen LogP contribution < -0.4 is 28.3 Å². The maximum absolute atomic E-state index is 14.9. The van der Waals surface area contributed by atoms with Gasteiger partial charge in [-0.3, -0.25) is 52.9 Å². The first kappa shape index (κ1) is 107. The van der Waals surface area contributed by atoms with Gasteiger partial charge < -0.3 is 35.0 Å². The number of ether oxygens (including phenoxy) is 1. The quantitative estimate of drug-likeness (QED) is 0.00612. The number of aldehydes is 1. The molecule has 6 aromatic carbocycles. The Morgan fingerprint density at radius 3 is 1.21 bits per heavy atom. The number of ketones is 1. The molecule has 1 unspecified atom stereocenters. The third-order valence-electron chi connectivity index (χ3n) is 17.4. The monoisotopic (exact) mass is 1950 g/mol. The number of carbonyl (C=O) groups excluding carboxylic acids is 3. The number of methoxy groups -OCH3 is 1. The number of carboxylic acid groups (broad SMARTS) is 1. The Hall–Kier alpha value is -13.9. The van der Waals surface area contributed by atoms with Crippen molar-refractivity contribution in [2.45, 2.75) is 92.8 Å². The molecule has 0 bridgehead atoms. The molecule has 132 heavy (non-hydrogen) atoms. The molecule has 0 aliphatic rings. The van der Waals surface area contributed by atoms with Crippen LogP contribution in [0.3, 0.4) is 0 Å². The number of nitrogens with zero attached hydrogens (tertiary/aromatic N) is 6. The number of halogens is 6. The molecule has 0 aliphatic carbocycles. The van der Waals surface area contributed by atoms with Crippen molar-refractivity contribution in [2.75, 3.05) is 70.0 Å². The SMILES string of the molecule is CCCS(=O)(=O)Nc1cccc(C(=O)O)c1F.CCCS(=O)(=O)Nc1cccc(C(=O)OC)c1F.CCCS(=O)(=O)Nc1cccc(C=O)c1F.CCCS(=O)(=O)Nc1cccc(CO)c1F.[C-]#[N+]c1cnc2[nH]cc(C(=O)c3cccc(NS(=O)(=O)CCC)c3F)c2c1.[C-]#[N+]c1cnc2[nH]cc(C(O)c3cccc(NS(=O)(=O)CCC)c3F)c2c1.[C-]#[N+]c1cnc2[nH]ccc2c1. The molecule has 0 saturated carbocycles. The van der Waals surface area contributed by atoms with Gasteiger partial charge in [-0.1, -0.05) is 90.1 Å². The molecule has 0 fully saturated rings. The van der Waals surface area contributed by atoms with Crippen molar-refractivity contribution in [3.8, 4) is 0 Å². The first-order chi connectivity index (χ1) is 62.4. The van der Waals surface area contributed by atoms with E-state index in [1.165, 1.54) is 134 Å². The van der Waals surface area contributed by atoms with Crippen LogP contribution in [-0.2, 0) is 71.5 Å². The normalized spacial score (nSPS) is 11.4. The summed E-state index contributed by atoms with van der Waals surface area (Å²) in [6.07, 6.45) is 10.4. The van der Waals surface area contributed by atoms with Gasteiger partial charge in [0, 0.05) is 75.6 Å². The molecule has 47 heteroatoms. The number of hydrogen-bond acceptors (Lipinski definition) is 22. The molecular weight excluding hydrogens is 1860 g/mol. The van der Waals surface area contributed by atoms with E-state index in [4.69, 9.17) is 29.9 Å². The van der Waals surface area contributed by atoms with Crippen LogP contribution >= 0.6 is 0 Å². The summed E-state index contributed by atoms with van der Waals surface area (Å²) in [6, 6.07) is 30.3. The highest BCUT2D eigenvalue weighted by atomic mass is 32.2. The van der Waals surface area contributed by atoms with Gasteiger partial charge in [-0.25, -0.2) is 101 Å². The van der Waals surface area contributed by atoms with Gasteiger partial charge >= 0.3 is 11.9 Å². The second kappa shape index (κ2) is 49.2. The molecule has 0 radical (unpaired) electrons. The smallest absolute Gasteiger partial charge is 0.340 e. The summed E-state index contributed by atoms with van der Waals surface area (Å²) < 4.78 is 240. The van der Waals surface area contributed by atoms with E-state index in [0.29, 0.717) is 78.1 Å². The number of sulfonamides is 6. The number of aliphatic hydroxyl groups is 2. The molecule has 6 heterocycles. The van der Waals surface area contributed by atoms with E-state index < -0.39 is 131 Å². The lowest BCUT2D eigenvalue weighted by Gasteiger charge is -2.15. The number of aromatic carboxylic acids is 1. The van der Waals surface area contributed by atoms with Crippen LogP contribution in [0.5, 0.6) is 0 Å². The highest BCUT2D eigenvalue weighted by Gasteiger charge is 2.27. The number of aromatic amines is 3. The zero-order valence-electron chi connectivity index (χ0n) is 71.2. The second-order valence-corrected chi connectivity index (χ2v) is 38.6. The minimum absolute atomic E-state index is 0.0597. The number of fused-ring (bicyclic) bond motifs is 3. The standard InChI is InChI=1S/C18H17FN4O3S.C18H15FN4O3S.C11H14FNO4S.C10H12FNO4S.C10H14FNO3S.C10H12FNO3S.C8H5N3/c2*1-3-7-27(25,26)23-15-6-4-5-12(16(15)19)17(24)14-10-22-18-13(14)8-11(20-2)9-21-18;1-3-7-18(15,16)13-9-6-4-5-8(10(9)12)11(14)17-2;1-2-6-17(15,16)12-8-5-3-4-7(9(8)11)10(13)14;2*1-2-6-16(14,15)12-9-5-3-4-8(7-13)10(9)11;1-9-7-4-6-2-3-10-8(6)11-5-7/h4-6,8-10,17,23-24H,3,7H2,1H3,(H,21,22);4-6,8-10,23H,3,7H2,1H3,(H,21,22);4-6,13H,3,7H2,1-2H3;3-5,12H,2,6H2,1H3,(H,13,14);3-5,12-13H,2,6-7H2,1H3;3-5,7,12H,2,6H2,1H3;2-5H,(H,10,11). The van der Waals surface area contributed by atoms with Gasteiger partial charge in [-0.05, 0) is 123 Å². The minimum Gasteiger partial charge on any atom is -0.478 e. The number of rotatable bonds is 32. The molecule has 35 nitrogen and oxygen atoms in total. The average Bonchev–Trinajstić information content (AvgIpc) is 1.68. The van der Waals surface area contributed by atoms with Gasteiger partial charge in [-0.2, -0.15) is 0 Å². The first-order valence-electron chi connectivity index (χ1n) is 39.2. The van der Waals surface area contributed by atoms with Gasteiger partial charge in [0.05, 0.1) is 124 Å².